The second-order valence-corrected chi connectivity index (χ2v) is 7.14. The molecule has 0 unspecified atom stereocenters. The number of imidazole rings is 1. The van der Waals surface area contributed by atoms with Crippen LogP contribution in [0.15, 0.2) is 42.6 Å². The molecule has 1 aliphatic rings. The Morgan fingerprint density at radius 2 is 1.96 bits per heavy atom. The first-order chi connectivity index (χ1) is 13.0. The number of benzene rings is 1. The summed E-state index contributed by atoms with van der Waals surface area (Å²) >= 11 is 6.24. The van der Waals surface area contributed by atoms with Gasteiger partial charge in [-0.05, 0) is 35.7 Å². The molecule has 4 rings (SSSR count). The number of ether oxygens (including phenoxy) is 2. The van der Waals surface area contributed by atoms with E-state index >= 15 is 0 Å². The topological polar surface area (TPSA) is 64.9 Å². The summed E-state index contributed by atoms with van der Waals surface area (Å²) in [6.07, 6.45) is 1.78. The third kappa shape index (κ3) is 3.32. The third-order valence-corrected chi connectivity index (χ3v) is 4.84. The molecule has 1 aliphatic heterocycles. The number of nitrogens with zero attached hydrogens (tertiary/aromatic N) is 2. The number of nitrogens with one attached hydrogen (secondary N) is 1. The highest BCUT2D eigenvalue weighted by molar-refractivity contribution is 6.32. The van der Waals surface area contributed by atoms with Gasteiger partial charge in [-0.1, -0.05) is 37.6 Å². The van der Waals surface area contributed by atoms with E-state index in [1.807, 2.05) is 36.4 Å². The Morgan fingerprint density at radius 3 is 2.74 bits per heavy atom. The number of pyridine rings is 1. The van der Waals surface area contributed by atoms with Crippen molar-refractivity contribution in [1.29, 1.82) is 0 Å². The van der Waals surface area contributed by atoms with E-state index in [1.165, 1.54) is 0 Å². The zero-order valence-electron chi connectivity index (χ0n) is 15.1. The van der Waals surface area contributed by atoms with E-state index in [1.54, 1.807) is 10.6 Å². The minimum absolute atomic E-state index is 0.162. The van der Waals surface area contributed by atoms with Crippen LogP contribution in [0.25, 0.3) is 5.65 Å². The van der Waals surface area contributed by atoms with Crippen LogP contribution in [-0.2, 0) is 0 Å². The second kappa shape index (κ2) is 7.12. The lowest BCUT2D eigenvalue weighted by atomic mass is 9.95. The Hall–Kier alpha value is -2.73. The van der Waals surface area contributed by atoms with Gasteiger partial charge in [-0.3, -0.25) is 9.20 Å². The number of halogens is 1. The zero-order valence-corrected chi connectivity index (χ0v) is 15.9. The fourth-order valence-corrected chi connectivity index (χ4v) is 3.53. The fraction of sp³-hybridized carbons (Fsp3) is 0.300. The molecule has 27 heavy (non-hydrogen) atoms. The first kappa shape index (κ1) is 17.7. The predicted octanol–water partition coefficient (Wildman–Crippen LogP) is 3.89. The molecule has 6 nitrogen and oxygen atoms in total. The molecule has 140 valence electrons. The number of carbonyl (C=O) groups excluding carboxylic acids is 1. The van der Waals surface area contributed by atoms with Gasteiger partial charge < -0.3 is 14.8 Å². The van der Waals surface area contributed by atoms with Gasteiger partial charge in [0.05, 0.1) is 6.04 Å². The van der Waals surface area contributed by atoms with Crippen LogP contribution >= 0.6 is 11.6 Å². The summed E-state index contributed by atoms with van der Waals surface area (Å²) in [5.74, 6) is 1.32. The van der Waals surface area contributed by atoms with Gasteiger partial charge in [0.2, 0.25) is 0 Å². The van der Waals surface area contributed by atoms with Crippen LogP contribution in [-0.4, -0.2) is 28.5 Å². The predicted molar refractivity (Wildman–Crippen MR) is 103 cm³/mol. The number of hydrogen-bond acceptors (Lipinski definition) is 4. The summed E-state index contributed by atoms with van der Waals surface area (Å²) in [7, 11) is 0. The maximum Gasteiger partial charge on any atom is 0.272 e. The molecule has 0 fully saturated rings. The highest BCUT2D eigenvalue weighted by atomic mass is 35.5. The quantitative estimate of drug-likeness (QED) is 0.740. The molecule has 0 saturated heterocycles. The molecule has 0 bridgehead atoms. The molecule has 0 radical (unpaired) electrons. The van der Waals surface area contributed by atoms with Gasteiger partial charge >= 0.3 is 0 Å². The molecule has 1 N–H and O–H groups in total. The summed E-state index contributed by atoms with van der Waals surface area (Å²) < 4.78 is 12.9. The molecule has 3 heterocycles. The van der Waals surface area contributed by atoms with Crippen LogP contribution in [0.1, 0.15) is 35.9 Å². The number of rotatable bonds is 4. The molecule has 1 atom stereocenters. The summed E-state index contributed by atoms with van der Waals surface area (Å²) in [5, 5.41) is 3.28. The normalized spacial score (nSPS) is 14.4. The zero-order chi connectivity index (χ0) is 19.0. The van der Waals surface area contributed by atoms with Crippen LogP contribution in [0.4, 0.5) is 0 Å². The van der Waals surface area contributed by atoms with Crippen LogP contribution in [0.2, 0.25) is 5.15 Å². The summed E-state index contributed by atoms with van der Waals surface area (Å²) in [4.78, 5) is 17.3. The van der Waals surface area contributed by atoms with Gasteiger partial charge in [0.25, 0.3) is 5.91 Å². The highest BCUT2D eigenvalue weighted by Gasteiger charge is 2.25. The Kier molecular flexibility index (Phi) is 4.66. The maximum absolute atomic E-state index is 13.0. The van der Waals surface area contributed by atoms with Crippen molar-refractivity contribution in [3.8, 4) is 11.5 Å². The van der Waals surface area contributed by atoms with Crippen molar-refractivity contribution in [3.63, 3.8) is 0 Å². The van der Waals surface area contributed by atoms with Gasteiger partial charge in [0.15, 0.2) is 22.3 Å². The highest BCUT2D eigenvalue weighted by Crippen LogP contribution is 2.34. The second-order valence-electron chi connectivity index (χ2n) is 6.78. The first-order valence-corrected chi connectivity index (χ1v) is 9.25. The van der Waals surface area contributed by atoms with E-state index in [9.17, 15) is 4.79 Å². The van der Waals surface area contributed by atoms with Gasteiger partial charge in [0.1, 0.15) is 18.9 Å². The van der Waals surface area contributed by atoms with Crippen molar-refractivity contribution in [3.05, 3.63) is 59.0 Å². The summed E-state index contributed by atoms with van der Waals surface area (Å²) in [5.41, 5.74) is 1.91. The Bertz CT molecular complexity index is 999. The van der Waals surface area contributed by atoms with Crippen molar-refractivity contribution >= 4 is 23.2 Å². The van der Waals surface area contributed by atoms with Crippen molar-refractivity contribution in [2.24, 2.45) is 5.92 Å². The SMILES string of the molecule is CC(C)[C@H](NC(=O)c1c(Cl)nc2ccccn12)c1ccc2c(c1)OCCO2. The van der Waals surface area contributed by atoms with Crippen LogP contribution in [0.3, 0.4) is 0 Å². The Labute approximate surface area is 162 Å². The van der Waals surface area contributed by atoms with Gasteiger partial charge in [-0.15, -0.1) is 0 Å². The number of hydrogen-bond donors (Lipinski definition) is 1. The molecular weight excluding hydrogens is 366 g/mol. The van der Waals surface area contributed by atoms with Crippen molar-refractivity contribution in [2.45, 2.75) is 19.9 Å². The van der Waals surface area contributed by atoms with Crippen molar-refractivity contribution in [2.75, 3.05) is 13.2 Å². The molecular formula is C20H20ClN3O3. The van der Waals surface area contributed by atoms with E-state index in [-0.39, 0.29) is 23.0 Å². The molecule has 3 aromatic rings. The molecule has 0 aliphatic carbocycles. The molecule has 2 aromatic heterocycles. The van der Waals surface area contributed by atoms with E-state index in [4.69, 9.17) is 21.1 Å². The molecule has 1 amide bonds. The largest absolute Gasteiger partial charge is 0.486 e. The monoisotopic (exact) mass is 385 g/mol. The van der Waals surface area contributed by atoms with E-state index in [0.717, 1.165) is 11.3 Å². The van der Waals surface area contributed by atoms with E-state index < -0.39 is 0 Å². The van der Waals surface area contributed by atoms with E-state index in [0.29, 0.717) is 30.3 Å². The van der Waals surface area contributed by atoms with Gasteiger partial charge in [-0.2, -0.15) is 0 Å². The summed E-state index contributed by atoms with van der Waals surface area (Å²) in [6, 6.07) is 11.0. The number of aromatic nitrogens is 2. The molecule has 0 saturated carbocycles. The average molecular weight is 386 g/mol. The minimum Gasteiger partial charge on any atom is -0.486 e. The molecule has 0 spiro atoms. The lowest BCUT2D eigenvalue weighted by Crippen LogP contribution is -2.32. The van der Waals surface area contributed by atoms with Crippen LogP contribution < -0.4 is 14.8 Å². The number of fused-ring (bicyclic) bond motifs is 2. The standard InChI is InChI=1S/C20H20ClN3O3/c1-12(2)17(13-6-7-14-15(11-13)27-10-9-26-14)23-20(25)18-19(21)22-16-5-3-4-8-24(16)18/h3-8,11-12,17H,9-10H2,1-2H3,(H,23,25)/t17-/m0/s1. The number of carbonyl (C=O) groups is 1. The lowest BCUT2D eigenvalue weighted by Gasteiger charge is -2.25. The van der Waals surface area contributed by atoms with Crippen molar-refractivity contribution in [1.82, 2.24) is 14.7 Å². The smallest absolute Gasteiger partial charge is 0.272 e. The maximum atomic E-state index is 13.0. The first-order valence-electron chi connectivity index (χ1n) is 8.87. The minimum atomic E-state index is -0.271. The third-order valence-electron chi connectivity index (χ3n) is 4.58. The Balaban J connectivity index is 1.65. The number of amides is 1. The van der Waals surface area contributed by atoms with Crippen LogP contribution in [0.5, 0.6) is 11.5 Å². The van der Waals surface area contributed by atoms with Crippen LogP contribution in [0, 0.1) is 5.92 Å². The molecule has 7 heteroatoms. The van der Waals surface area contributed by atoms with Gasteiger partial charge in [0, 0.05) is 6.20 Å². The van der Waals surface area contributed by atoms with E-state index in [2.05, 4.69) is 24.1 Å². The summed E-state index contributed by atoms with van der Waals surface area (Å²) in [6.45, 7) is 5.17. The lowest BCUT2D eigenvalue weighted by molar-refractivity contribution is 0.0919. The fourth-order valence-electron chi connectivity index (χ4n) is 3.27. The molecule has 1 aromatic carbocycles. The van der Waals surface area contributed by atoms with Gasteiger partial charge in [-0.25, -0.2) is 4.98 Å². The average Bonchev–Trinajstić information content (AvgIpc) is 3.01. The van der Waals surface area contributed by atoms with Crippen molar-refractivity contribution < 1.29 is 14.3 Å². The Morgan fingerprint density at radius 1 is 1.19 bits per heavy atom.